The van der Waals surface area contributed by atoms with Crippen LogP contribution in [0.2, 0.25) is 0 Å². The van der Waals surface area contributed by atoms with E-state index in [0.717, 1.165) is 0 Å². The summed E-state index contributed by atoms with van der Waals surface area (Å²) in [6.07, 6.45) is 0.938. The summed E-state index contributed by atoms with van der Waals surface area (Å²) >= 11 is 0. The van der Waals surface area contributed by atoms with Crippen LogP contribution in [0.3, 0.4) is 0 Å². The molecule has 0 saturated carbocycles. The third-order valence-electron chi connectivity index (χ3n) is 3.08. The van der Waals surface area contributed by atoms with Crippen molar-refractivity contribution in [2.45, 2.75) is 38.9 Å². The molecule has 0 spiro atoms. The lowest BCUT2D eigenvalue weighted by Gasteiger charge is -2.32. The van der Waals surface area contributed by atoms with Crippen LogP contribution in [0.4, 0.5) is 0 Å². The van der Waals surface area contributed by atoms with Gasteiger partial charge in [-0.1, -0.05) is 0 Å². The Bertz CT molecular complexity index is 456. The molecule has 1 aliphatic rings. The molecule has 2 rings (SSSR count). The van der Waals surface area contributed by atoms with Crippen molar-refractivity contribution in [3.05, 3.63) is 6.26 Å². The van der Waals surface area contributed by atoms with Gasteiger partial charge in [-0.3, -0.25) is 0 Å². The van der Waals surface area contributed by atoms with Gasteiger partial charge in [0.1, 0.15) is 11.9 Å². The number of rotatable bonds is 2. The van der Waals surface area contributed by atoms with E-state index in [1.165, 1.54) is 6.26 Å². The van der Waals surface area contributed by atoms with E-state index in [9.17, 15) is 0 Å². The standard InChI is InChI=1S/C10H16BNO4/c1-9(2)10(3,4)16-11(15-9)7-6-14-8(12-7)13-5/h6H,1-5H3/i5D3. The molecular weight excluding hydrogens is 209 g/mol. The van der Waals surface area contributed by atoms with Gasteiger partial charge in [-0.05, 0) is 27.7 Å². The predicted molar refractivity (Wildman–Crippen MR) is 58.8 cm³/mol. The maximum absolute atomic E-state index is 6.96. The van der Waals surface area contributed by atoms with E-state index in [1.807, 2.05) is 27.7 Å². The fourth-order valence-electron chi connectivity index (χ4n) is 1.39. The molecule has 16 heavy (non-hydrogen) atoms. The van der Waals surface area contributed by atoms with Crippen LogP contribution >= 0.6 is 0 Å². The van der Waals surface area contributed by atoms with Crippen molar-refractivity contribution < 1.29 is 22.6 Å². The fourth-order valence-corrected chi connectivity index (χ4v) is 1.39. The number of aromatic nitrogens is 1. The first-order chi connectivity index (χ1) is 8.50. The SMILES string of the molecule is [2H]C([2H])([2H])Oc1nc(B2OC(C)(C)C(C)(C)O2)co1. The predicted octanol–water partition coefficient (Wildman–Crippen LogP) is 0.982. The summed E-state index contributed by atoms with van der Waals surface area (Å²) in [6.45, 7) is 7.64. The molecule has 1 aromatic rings. The molecule has 0 aromatic carbocycles. The third kappa shape index (κ3) is 1.72. The Kier molecular flexibility index (Phi) is 1.78. The van der Waals surface area contributed by atoms with Gasteiger partial charge in [-0.2, -0.15) is 4.98 Å². The van der Waals surface area contributed by atoms with Gasteiger partial charge in [0, 0.05) is 0 Å². The fraction of sp³-hybridized carbons (Fsp3) is 0.700. The molecule has 6 heteroatoms. The molecule has 0 aliphatic carbocycles. The lowest BCUT2D eigenvalue weighted by molar-refractivity contribution is 0.00578. The zero-order valence-electron chi connectivity index (χ0n) is 12.7. The summed E-state index contributed by atoms with van der Waals surface area (Å²) in [5.74, 6) is 0. The number of ether oxygens (including phenoxy) is 1. The average molecular weight is 228 g/mol. The summed E-state index contributed by atoms with van der Waals surface area (Å²) in [7, 11) is -3.30. The molecular formula is C10H16BNO4. The molecule has 1 fully saturated rings. The van der Waals surface area contributed by atoms with Crippen LogP contribution in [0.25, 0.3) is 0 Å². The Morgan fingerprint density at radius 1 is 1.31 bits per heavy atom. The molecule has 1 saturated heterocycles. The first kappa shape index (κ1) is 8.14. The summed E-state index contributed by atoms with van der Waals surface area (Å²) in [6, 6.07) is 0. The van der Waals surface area contributed by atoms with Crippen LogP contribution in [0, 0.1) is 0 Å². The van der Waals surface area contributed by atoms with Gasteiger partial charge in [0.15, 0.2) is 0 Å². The molecule has 0 bridgehead atoms. The van der Waals surface area contributed by atoms with Crippen molar-refractivity contribution in [1.82, 2.24) is 4.98 Å². The summed E-state index contributed by atoms with van der Waals surface area (Å²) in [4.78, 5) is 3.91. The van der Waals surface area contributed by atoms with Crippen LogP contribution in [-0.2, 0) is 9.31 Å². The van der Waals surface area contributed by atoms with Crippen LogP contribution in [0.1, 0.15) is 31.8 Å². The summed E-state index contributed by atoms with van der Waals surface area (Å²) < 4.78 is 41.9. The van der Waals surface area contributed by atoms with Gasteiger partial charge in [-0.15, -0.1) is 0 Å². The Balaban J connectivity index is 2.13. The van der Waals surface area contributed by atoms with Gasteiger partial charge in [0.05, 0.1) is 22.4 Å². The first-order valence-electron chi connectivity index (χ1n) is 6.50. The monoisotopic (exact) mass is 228 g/mol. The molecule has 0 radical (unpaired) electrons. The normalized spacial score (nSPS) is 26.0. The maximum atomic E-state index is 6.96. The third-order valence-corrected chi connectivity index (χ3v) is 3.08. The summed E-state index contributed by atoms with van der Waals surface area (Å²) in [5, 5.41) is 0. The van der Waals surface area contributed by atoms with Gasteiger partial charge in [0.2, 0.25) is 0 Å². The number of hydrogen-bond acceptors (Lipinski definition) is 5. The van der Waals surface area contributed by atoms with Gasteiger partial charge < -0.3 is 18.5 Å². The van der Waals surface area contributed by atoms with Crippen LogP contribution in [0.15, 0.2) is 10.7 Å². The van der Waals surface area contributed by atoms with Crippen molar-refractivity contribution in [1.29, 1.82) is 0 Å². The molecule has 0 amide bonds. The van der Waals surface area contributed by atoms with Crippen molar-refractivity contribution in [2.75, 3.05) is 7.04 Å². The minimum absolute atomic E-state index is 0.329. The molecule has 1 aliphatic heterocycles. The zero-order chi connectivity index (χ0) is 14.5. The second-order valence-electron chi connectivity index (χ2n) is 4.73. The molecule has 0 atom stereocenters. The van der Waals surface area contributed by atoms with Crippen molar-refractivity contribution in [3.63, 3.8) is 0 Å². The van der Waals surface area contributed by atoms with E-state index in [2.05, 4.69) is 9.72 Å². The van der Waals surface area contributed by atoms with Crippen LogP contribution < -0.4 is 10.3 Å². The highest BCUT2D eigenvalue weighted by molar-refractivity contribution is 6.61. The van der Waals surface area contributed by atoms with E-state index in [4.69, 9.17) is 17.8 Å². The lowest BCUT2D eigenvalue weighted by atomic mass is 9.86. The second-order valence-corrected chi connectivity index (χ2v) is 4.73. The number of methoxy groups -OCH3 is 1. The van der Waals surface area contributed by atoms with E-state index < -0.39 is 25.4 Å². The molecule has 1 aromatic heterocycles. The summed E-state index contributed by atoms with van der Waals surface area (Å²) in [5.41, 5.74) is -0.651. The molecule has 0 unspecified atom stereocenters. The Hall–Kier alpha value is -1.01. The smallest absolute Gasteiger partial charge is 0.454 e. The average Bonchev–Trinajstić information content (AvgIpc) is 2.68. The minimum atomic E-state index is -2.60. The van der Waals surface area contributed by atoms with E-state index >= 15 is 0 Å². The van der Waals surface area contributed by atoms with Gasteiger partial charge in [-0.25, -0.2) is 0 Å². The van der Waals surface area contributed by atoms with Crippen molar-refractivity contribution >= 4 is 12.7 Å². The Morgan fingerprint density at radius 2 is 1.94 bits per heavy atom. The minimum Gasteiger partial charge on any atom is -0.454 e. The molecule has 2 heterocycles. The Labute approximate surface area is 99.4 Å². The van der Waals surface area contributed by atoms with Crippen molar-refractivity contribution in [3.8, 4) is 6.08 Å². The van der Waals surface area contributed by atoms with E-state index in [-0.39, 0.29) is 6.08 Å². The van der Waals surface area contributed by atoms with E-state index in [1.54, 1.807) is 0 Å². The van der Waals surface area contributed by atoms with Crippen molar-refractivity contribution in [2.24, 2.45) is 0 Å². The highest BCUT2D eigenvalue weighted by atomic mass is 16.7. The number of oxazole rings is 1. The molecule has 88 valence electrons. The van der Waals surface area contributed by atoms with Crippen LogP contribution in [0.5, 0.6) is 6.08 Å². The van der Waals surface area contributed by atoms with E-state index in [0.29, 0.717) is 5.59 Å². The topological polar surface area (TPSA) is 53.7 Å². The van der Waals surface area contributed by atoms with Crippen LogP contribution in [-0.4, -0.2) is 30.3 Å². The lowest BCUT2D eigenvalue weighted by Crippen LogP contribution is -2.41. The Morgan fingerprint density at radius 3 is 2.50 bits per heavy atom. The van der Waals surface area contributed by atoms with Gasteiger partial charge >= 0.3 is 13.2 Å². The second kappa shape index (κ2) is 3.50. The zero-order valence-corrected chi connectivity index (χ0v) is 9.73. The highest BCUT2D eigenvalue weighted by Crippen LogP contribution is 2.36. The molecule has 5 nitrogen and oxygen atoms in total. The largest absolute Gasteiger partial charge is 0.518 e. The molecule has 0 N–H and O–H groups in total. The first-order valence-corrected chi connectivity index (χ1v) is 5.00. The number of hydrogen-bond donors (Lipinski definition) is 0. The maximum Gasteiger partial charge on any atom is 0.518 e. The van der Waals surface area contributed by atoms with Gasteiger partial charge in [0.25, 0.3) is 0 Å². The number of nitrogens with zero attached hydrogens (tertiary/aromatic N) is 1. The quantitative estimate of drug-likeness (QED) is 0.706. The highest BCUT2D eigenvalue weighted by Gasteiger charge is 2.52.